The number of benzene rings is 1. The Balaban J connectivity index is 1.66. The van der Waals surface area contributed by atoms with Crippen molar-refractivity contribution in [3.63, 3.8) is 0 Å². The van der Waals surface area contributed by atoms with E-state index in [1.165, 1.54) is 50.5 Å². The summed E-state index contributed by atoms with van der Waals surface area (Å²) in [4.78, 5) is 8.92. The van der Waals surface area contributed by atoms with Gasteiger partial charge in [0, 0.05) is 18.8 Å². The van der Waals surface area contributed by atoms with E-state index in [9.17, 15) is 0 Å². The van der Waals surface area contributed by atoms with Gasteiger partial charge >= 0.3 is 0 Å². The molecule has 0 amide bonds. The van der Waals surface area contributed by atoms with E-state index in [4.69, 9.17) is 9.47 Å². The fourth-order valence-corrected chi connectivity index (χ4v) is 3.26. The molecule has 0 aliphatic carbocycles. The van der Waals surface area contributed by atoms with Gasteiger partial charge in [-0.3, -0.25) is 0 Å². The van der Waals surface area contributed by atoms with Crippen molar-refractivity contribution in [3.8, 4) is 17.1 Å². The number of aryl methyl sites for hydroxylation is 1. The summed E-state index contributed by atoms with van der Waals surface area (Å²) in [5.74, 6) is 1.44. The monoisotopic (exact) mass is 424 g/mol. The summed E-state index contributed by atoms with van der Waals surface area (Å²) in [7, 11) is 0. The molecule has 0 radical (unpaired) electrons. The first-order valence-electron chi connectivity index (χ1n) is 12.1. The number of aromatic nitrogens is 2. The van der Waals surface area contributed by atoms with Gasteiger partial charge in [0.2, 0.25) is 0 Å². The summed E-state index contributed by atoms with van der Waals surface area (Å²) >= 11 is 0. The zero-order chi connectivity index (χ0) is 22.0. The Kier molecular flexibility index (Phi) is 13.3. The number of allylic oxidation sites excluding steroid dienone is 1. The van der Waals surface area contributed by atoms with Gasteiger partial charge in [-0.2, -0.15) is 0 Å². The molecule has 31 heavy (non-hydrogen) atoms. The second-order valence-corrected chi connectivity index (χ2v) is 7.99. The summed E-state index contributed by atoms with van der Waals surface area (Å²) in [5, 5.41) is 0. The molecular weight excluding hydrogens is 384 g/mol. The number of rotatable bonds is 17. The first kappa shape index (κ1) is 25.1. The van der Waals surface area contributed by atoms with Gasteiger partial charge in [0.25, 0.3) is 0 Å². The average Bonchev–Trinajstić information content (AvgIpc) is 2.81. The second kappa shape index (κ2) is 16.5. The highest BCUT2D eigenvalue weighted by Gasteiger charge is 2.03. The predicted molar refractivity (Wildman–Crippen MR) is 130 cm³/mol. The number of hydrogen-bond acceptors (Lipinski definition) is 4. The van der Waals surface area contributed by atoms with E-state index < -0.39 is 0 Å². The lowest BCUT2D eigenvalue weighted by Gasteiger charge is -2.06. The molecule has 1 heterocycles. The molecule has 4 nitrogen and oxygen atoms in total. The van der Waals surface area contributed by atoms with Gasteiger partial charge in [-0.05, 0) is 44.1 Å². The second-order valence-electron chi connectivity index (χ2n) is 7.99. The van der Waals surface area contributed by atoms with Crippen molar-refractivity contribution in [2.24, 2.45) is 0 Å². The topological polar surface area (TPSA) is 44.2 Å². The van der Waals surface area contributed by atoms with E-state index in [0.717, 1.165) is 43.9 Å². The van der Waals surface area contributed by atoms with E-state index in [1.807, 2.05) is 0 Å². The first-order chi connectivity index (χ1) is 15.3. The number of nitrogens with zero attached hydrogens (tertiary/aromatic N) is 2. The highest BCUT2D eigenvalue weighted by Crippen LogP contribution is 2.18. The van der Waals surface area contributed by atoms with E-state index in [0.29, 0.717) is 12.4 Å². The van der Waals surface area contributed by atoms with Crippen molar-refractivity contribution in [3.05, 3.63) is 54.4 Å². The fraction of sp³-hybridized carbons (Fsp3) is 0.556. The molecule has 0 bridgehead atoms. The highest BCUT2D eigenvalue weighted by molar-refractivity contribution is 5.55. The Morgan fingerprint density at radius 1 is 0.774 bits per heavy atom. The number of unbranched alkanes of at least 4 members (excludes halogenated alkanes) is 6. The molecule has 0 spiro atoms. The van der Waals surface area contributed by atoms with Crippen LogP contribution in [0.15, 0.2) is 48.8 Å². The molecule has 170 valence electrons. The molecule has 0 unspecified atom stereocenters. The minimum Gasteiger partial charge on any atom is -0.486 e. The predicted octanol–water partition coefficient (Wildman–Crippen LogP) is 7.19. The Morgan fingerprint density at radius 2 is 1.52 bits per heavy atom. The summed E-state index contributed by atoms with van der Waals surface area (Å²) in [6.07, 6.45) is 19.7. The Hall–Kier alpha value is -2.20. The normalized spacial score (nSPS) is 11.3. The lowest BCUT2D eigenvalue weighted by molar-refractivity contribution is 0.127. The molecule has 0 saturated heterocycles. The molecule has 0 N–H and O–H groups in total. The summed E-state index contributed by atoms with van der Waals surface area (Å²) < 4.78 is 11.3. The van der Waals surface area contributed by atoms with Gasteiger partial charge in [-0.1, -0.05) is 75.9 Å². The maximum absolute atomic E-state index is 5.69. The summed E-state index contributed by atoms with van der Waals surface area (Å²) in [6.45, 7) is 6.78. The molecule has 1 aromatic carbocycles. The standard InChI is InChI=1S/C27H40N2O2/c1-3-5-7-8-9-13-21-31-26-22-28-27(29-23-26)25-17-15-24(16-18-25)14-11-10-12-20-30-19-6-4-2/h9,13,15-18,22-23H,3-8,10-12,14,19-21H2,1-2H3/b13-9+. The number of hydrogen-bond donors (Lipinski definition) is 0. The third-order valence-corrected chi connectivity index (χ3v) is 5.22. The van der Waals surface area contributed by atoms with Gasteiger partial charge in [0.15, 0.2) is 11.6 Å². The molecule has 4 heteroatoms. The lowest BCUT2D eigenvalue weighted by Crippen LogP contribution is -1.97. The largest absolute Gasteiger partial charge is 0.486 e. The third kappa shape index (κ3) is 11.1. The average molecular weight is 425 g/mol. The highest BCUT2D eigenvalue weighted by atomic mass is 16.5. The lowest BCUT2D eigenvalue weighted by atomic mass is 10.0. The molecule has 2 rings (SSSR count). The van der Waals surface area contributed by atoms with E-state index in [1.54, 1.807) is 12.4 Å². The Bertz CT molecular complexity index is 711. The van der Waals surface area contributed by atoms with Gasteiger partial charge in [0.05, 0.1) is 12.4 Å². The van der Waals surface area contributed by atoms with Crippen LogP contribution in [-0.2, 0) is 11.2 Å². The molecule has 0 saturated carbocycles. The minimum absolute atomic E-state index is 0.564. The molecule has 2 aromatic rings. The van der Waals surface area contributed by atoms with Crippen molar-refractivity contribution in [1.29, 1.82) is 0 Å². The Labute approximate surface area is 189 Å². The van der Waals surface area contributed by atoms with Crippen LogP contribution in [0.25, 0.3) is 11.4 Å². The van der Waals surface area contributed by atoms with E-state index in [2.05, 4.69) is 60.2 Å². The Morgan fingerprint density at radius 3 is 2.26 bits per heavy atom. The molecular formula is C27H40N2O2. The first-order valence-corrected chi connectivity index (χ1v) is 12.1. The van der Waals surface area contributed by atoms with Gasteiger partial charge in [-0.15, -0.1) is 0 Å². The quantitative estimate of drug-likeness (QED) is 0.199. The van der Waals surface area contributed by atoms with Gasteiger partial charge in [0.1, 0.15) is 6.61 Å². The maximum Gasteiger partial charge on any atom is 0.159 e. The zero-order valence-electron chi connectivity index (χ0n) is 19.5. The summed E-state index contributed by atoms with van der Waals surface area (Å²) in [6, 6.07) is 8.59. The van der Waals surface area contributed by atoms with Crippen LogP contribution in [0, 0.1) is 0 Å². The molecule has 0 aliphatic rings. The van der Waals surface area contributed by atoms with Crippen LogP contribution in [0.5, 0.6) is 5.75 Å². The zero-order valence-corrected chi connectivity index (χ0v) is 19.5. The van der Waals surface area contributed by atoms with Crippen molar-refractivity contribution >= 4 is 0 Å². The van der Waals surface area contributed by atoms with E-state index >= 15 is 0 Å². The van der Waals surface area contributed by atoms with Crippen LogP contribution < -0.4 is 4.74 Å². The molecule has 0 aliphatic heterocycles. The van der Waals surface area contributed by atoms with Crippen molar-refractivity contribution in [2.45, 2.75) is 78.1 Å². The van der Waals surface area contributed by atoms with Crippen LogP contribution in [0.2, 0.25) is 0 Å². The van der Waals surface area contributed by atoms with E-state index in [-0.39, 0.29) is 0 Å². The van der Waals surface area contributed by atoms with Gasteiger partial charge in [-0.25, -0.2) is 9.97 Å². The third-order valence-electron chi connectivity index (χ3n) is 5.22. The minimum atomic E-state index is 0.564. The molecule has 0 atom stereocenters. The van der Waals surface area contributed by atoms with Crippen molar-refractivity contribution in [2.75, 3.05) is 19.8 Å². The van der Waals surface area contributed by atoms with Crippen LogP contribution in [0.1, 0.15) is 77.2 Å². The van der Waals surface area contributed by atoms with Crippen molar-refractivity contribution in [1.82, 2.24) is 9.97 Å². The van der Waals surface area contributed by atoms with Crippen LogP contribution in [0.4, 0.5) is 0 Å². The maximum atomic E-state index is 5.69. The summed E-state index contributed by atoms with van der Waals surface area (Å²) in [5.41, 5.74) is 2.40. The van der Waals surface area contributed by atoms with Crippen molar-refractivity contribution < 1.29 is 9.47 Å². The van der Waals surface area contributed by atoms with Gasteiger partial charge < -0.3 is 9.47 Å². The number of ether oxygens (including phenoxy) is 2. The SMILES string of the molecule is CCCCC/C=C/COc1cnc(-c2ccc(CCCCCOCCCC)cc2)nc1. The van der Waals surface area contributed by atoms with Crippen LogP contribution >= 0.6 is 0 Å². The smallest absolute Gasteiger partial charge is 0.159 e. The van der Waals surface area contributed by atoms with Crippen LogP contribution in [0.3, 0.4) is 0 Å². The fourth-order valence-electron chi connectivity index (χ4n) is 3.26. The molecule has 0 fully saturated rings. The van der Waals surface area contributed by atoms with Crippen LogP contribution in [-0.4, -0.2) is 29.8 Å². The molecule has 1 aromatic heterocycles.